The second-order valence-electron chi connectivity index (χ2n) is 8.24. The van der Waals surface area contributed by atoms with Crippen LogP contribution >= 0.6 is 11.6 Å². The third-order valence-corrected chi connectivity index (χ3v) is 6.23. The number of halogens is 1. The van der Waals surface area contributed by atoms with Gasteiger partial charge in [-0.2, -0.15) is 0 Å². The summed E-state index contributed by atoms with van der Waals surface area (Å²) in [6.45, 7) is 8.74. The lowest BCUT2D eigenvalue weighted by atomic mass is 9.97. The van der Waals surface area contributed by atoms with Crippen molar-refractivity contribution < 1.29 is 9.32 Å². The molecule has 0 bridgehead atoms. The van der Waals surface area contributed by atoms with E-state index in [4.69, 9.17) is 16.1 Å². The van der Waals surface area contributed by atoms with Gasteiger partial charge in [-0.25, -0.2) is 0 Å². The van der Waals surface area contributed by atoms with Crippen molar-refractivity contribution in [2.45, 2.75) is 26.3 Å². The Kier molecular flexibility index (Phi) is 7.25. The number of nitrogens with one attached hydrogen (secondary N) is 2. The Bertz CT molecular complexity index is 1060. The van der Waals surface area contributed by atoms with Crippen molar-refractivity contribution in [2.75, 3.05) is 32.7 Å². The van der Waals surface area contributed by atoms with Crippen LogP contribution in [-0.4, -0.2) is 48.7 Å². The summed E-state index contributed by atoms with van der Waals surface area (Å²) >= 11 is 6.19. The maximum Gasteiger partial charge on any atom is 0.257 e. The number of nitrogens with zero attached hydrogens (tertiary/aromatic N) is 2. The summed E-state index contributed by atoms with van der Waals surface area (Å²) < 4.78 is 5.41. The van der Waals surface area contributed by atoms with E-state index in [0.29, 0.717) is 22.0 Å². The Morgan fingerprint density at radius 3 is 2.66 bits per heavy atom. The maximum atomic E-state index is 13.5. The Morgan fingerprint density at radius 2 is 1.94 bits per heavy atom. The third kappa shape index (κ3) is 5.21. The molecule has 2 N–H and O–H groups in total. The average Bonchev–Trinajstić information content (AvgIpc) is 3.19. The molecule has 1 aromatic heterocycles. The SMILES string of the molecule is Cc1cc(Cl)ccc1C(CCN1CCNCC1)NC(=O)c1c(-c2ccccc2)noc1C. The molecule has 0 spiro atoms. The lowest BCUT2D eigenvalue weighted by molar-refractivity contribution is 0.0929. The zero-order chi connectivity index (χ0) is 22.5. The molecule has 0 aliphatic carbocycles. The minimum Gasteiger partial charge on any atom is -0.360 e. The molecule has 0 saturated carbocycles. The van der Waals surface area contributed by atoms with E-state index in [0.717, 1.165) is 55.8 Å². The summed E-state index contributed by atoms with van der Waals surface area (Å²) in [7, 11) is 0. The van der Waals surface area contributed by atoms with Gasteiger partial charge in [-0.1, -0.05) is 53.2 Å². The van der Waals surface area contributed by atoms with Gasteiger partial charge in [-0.3, -0.25) is 4.79 Å². The lowest BCUT2D eigenvalue weighted by Crippen LogP contribution is -2.44. The minimum atomic E-state index is -0.178. The number of carbonyl (C=O) groups excluding carboxylic acids is 1. The van der Waals surface area contributed by atoms with Crippen LogP contribution in [0.2, 0.25) is 5.02 Å². The van der Waals surface area contributed by atoms with Gasteiger partial charge in [0.1, 0.15) is 17.0 Å². The van der Waals surface area contributed by atoms with Gasteiger partial charge in [0.25, 0.3) is 5.91 Å². The first kappa shape index (κ1) is 22.5. The van der Waals surface area contributed by atoms with Crippen LogP contribution in [0.3, 0.4) is 0 Å². The van der Waals surface area contributed by atoms with Gasteiger partial charge < -0.3 is 20.1 Å². The quantitative estimate of drug-likeness (QED) is 0.556. The van der Waals surface area contributed by atoms with Crippen LogP contribution in [0.1, 0.15) is 39.7 Å². The molecule has 1 amide bonds. The largest absolute Gasteiger partial charge is 0.360 e. The number of amides is 1. The molecular weight excluding hydrogens is 424 g/mol. The number of aryl methyl sites for hydroxylation is 2. The fraction of sp³-hybridized carbons (Fsp3) is 0.360. The predicted octanol–water partition coefficient (Wildman–Crippen LogP) is 4.38. The highest BCUT2D eigenvalue weighted by atomic mass is 35.5. The van der Waals surface area contributed by atoms with Crippen LogP contribution in [0.25, 0.3) is 11.3 Å². The zero-order valence-corrected chi connectivity index (χ0v) is 19.3. The molecule has 0 radical (unpaired) electrons. The molecule has 1 atom stereocenters. The molecule has 6 nitrogen and oxygen atoms in total. The fourth-order valence-electron chi connectivity index (χ4n) is 4.24. The van der Waals surface area contributed by atoms with Crippen LogP contribution < -0.4 is 10.6 Å². The van der Waals surface area contributed by atoms with Crippen LogP contribution in [0, 0.1) is 13.8 Å². The summed E-state index contributed by atoms with van der Waals surface area (Å²) in [6, 6.07) is 15.3. The van der Waals surface area contributed by atoms with E-state index < -0.39 is 0 Å². The number of hydrogen-bond donors (Lipinski definition) is 2. The van der Waals surface area contributed by atoms with Gasteiger partial charge in [0.15, 0.2) is 0 Å². The number of benzene rings is 2. The molecule has 1 aliphatic rings. The molecule has 3 aromatic rings. The van der Waals surface area contributed by atoms with Gasteiger partial charge in [-0.15, -0.1) is 0 Å². The van der Waals surface area contributed by atoms with E-state index in [2.05, 4.69) is 20.7 Å². The number of rotatable bonds is 7. The molecular formula is C25H29ClN4O2. The molecule has 2 heterocycles. The van der Waals surface area contributed by atoms with Crippen molar-refractivity contribution in [3.63, 3.8) is 0 Å². The van der Waals surface area contributed by atoms with E-state index >= 15 is 0 Å². The number of hydrogen-bond acceptors (Lipinski definition) is 5. The lowest BCUT2D eigenvalue weighted by Gasteiger charge is -2.29. The second kappa shape index (κ2) is 10.3. The van der Waals surface area contributed by atoms with E-state index in [-0.39, 0.29) is 11.9 Å². The topological polar surface area (TPSA) is 70.4 Å². The fourth-order valence-corrected chi connectivity index (χ4v) is 4.47. The first-order chi connectivity index (χ1) is 15.5. The standard InChI is InChI=1S/C25H29ClN4O2/c1-17-16-20(26)8-9-21(17)22(10-13-30-14-11-27-12-15-30)28-25(31)23-18(2)32-29-24(23)19-6-4-3-5-7-19/h3-9,16,22,27H,10-15H2,1-2H3,(H,28,31). The van der Waals surface area contributed by atoms with Crippen molar-refractivity contribution in [2.24, 2.45) is 0 Å². The van der Waals surface area contributed by atoms with Gasteiger partial charge in [-0.05, 0) is 43.5 Å². The Hall–Kier alpha value is -2.67. The summed E-state index contributed by atoms with van der Waals surface area (Å²) in [4.78, 5) is 15.9. The Labute approximate surface area is 193 Å². The van der Waals surface area contributed by atoms with Crippen molar-refractivity contribution in [3.8, 4) is 11.3 Å². The number of piperazine rings is 1. The van der Waals surface area contributed by atoms with Crippen molar-refractivity contribution >= 4 is 17.5 Å². The zero-order valence-electron chi connectivity index (χ0n) is 18.5. The van der Waals surface area contributed by atoms with E-state index in [1.807, 2.05) is 55.5 Å². The van der Waals surface area contributed by atoms with Crippen LogP contribution in [0.5, 0.6) is 0 Å². The maximum absolute atomic E-state index is 13.5. The first-order valence-corrected chi connectivity index (χ1v) is 11.4. The first-order valence-electron chi connectivity index (χ1n) is 11.0. The Morgan fingerprint density at radius 1 is 1.19 bits per heavy atom. The highest BCUT2D eigenvalue weighted by Gasteiger charge is 2.25. The van der Waals surface area contributed by atoms with E-state index in [9.17, 15) is 4.79 Å². The summed E-state index contributed by atoms with van der Waals surface area (Å²) in [5.41, 5.74) is 4.04. The number of carbonyl (C=O) groups is 1. The number of aromatic nitrogens is 1. The van der Waals surface area contributed by atoms with Gasteiger partial charge in [0.05, 0.1) is 6.04 Å². The van der Waals surface area contributed by atoms with Crippen molar-refractivity contribution in [3.05, 3.63) is 76.0 Å². The molecule has 2 aromatic carbocycles. The summed E-state index contributed by atoms with van der Waals surface area (Å²) in [5, 5.41) is 11.5. The molecule has 4 rings (SSSR count). The predicted molar refractivity (Wildman–Crippen MR) is 127 cm³/mol. The van der Waals surface area contributed by atoms with Gasteiger partial charge >= 0.3 is 0 Å². The monoisotopic (exact) mass is 452 g/mol. The molecule has 7 heteroatoms. The average molecular weight is 453 g/mol. The molecule has 1 saturated heterocycles. The molecule has 1 fully saturated rings. The minimum absolute atomic E-state index is 0.146. The summed E-state index contributed by atoms with van der Waals surface area (Å²) in [6.07, 6.45) is 0.805. The Balaban J connectivity index is 1.59. The normalized spacial score (nSPS) is 15.5. The second-order valence-corrected chi connectivity index (χ2v) is 8.67. The highest BCUT2D eigenvalue weighted by molar-refractivity contribution is 6.30. The van der Waals surface area contributed by atoms with Crippen molar-refractivity contribution in [1.29, 1.82) is 0 Å². The molecule has 168 valence electrons. The third-order valence-electron chi connectivity index (χ3n) is 5.99. The van der Waals surface area contributed by atoms with Gasteiger partial charge in [0, 0.05) is 43.3 Å². The van der Waals surface area contributed by atoms with Crippen molar-refractivity contribution in [1.82, 2.24) is 20.7 Å². The highest BCUT2D eigenvalue weighted by Crippen LogP contribution is 2.28. The van der Waals surface area contributed by atoms with E-state index in [1.165, 1.54) is 0 Å². The van der Waals surface area contributed by atoms with Gasteiger partial charge in [0.2, 0.25) is 0 Å². The summed E-state index contributed by atoms with van der Waals surface area (Å²) in [5.74, 6) is 0.331. The molecule has 32 heavy (non-hydrogen) atoms. The molecule has 1 unspecified atom stereocenters. The molecule has 1 aliphatic heterocycles. The van der Waals surface area contributed by atoms with Crippen LogP contribution in [-0.2, 0) is 0 Å². The smallest absolute Gasteiger partial charge is 0.257 e. The van der Waals surface area contributed by atoms with Crippen LogP contribution in [0.4, 0.5) is 0 Å². The van der Waals surface area contributed by atoms with Crippen LogP contribution in [0.15, 0.2) is 53.1 Å². The van der Waals surface area contributed by atoms with E-state index in [1.54, 1.807) is 6.92 Å².